The van der Waals surface area contributed by atoms with Crippen LogP contribution < -0.4 is 0 Å². The van der Waals surface area contributed by atoms with Crippen LogP contribution in [0.4, 0.5) is 0 Å². The van der Waals surface area contributed by atoms with Crippen LogP contribution >= 0.6 is 15.9 Å². The molecule has 0 aliphatic carbocycles. The second kappa shape index (κ2) is 4.60. The highest BCUT2D eigenvalue weighted by molar-refractivity contribution is 9.10. The molecule has 1 aromatic carbocycles. The number of rotatable bonds is 0. The Labute approximate surface area is 92.8 Å². The SMILES string of the molecule is CC.Cc1ccc2n[nH]c(C)c2c1Br. The first-order valence-corrected chi connectivity index (χ1v) is 5.59. The van der Waals surface area contributed by atoms with Gasteiger partial charge in [-0.15, -0.1) is 0 Å². The fraction of sp³-hybridized carbons (Fsp3) is 0.364. The van der Waals surface area contributed by atoms with Gasteiger partial charge in [-0.3, -0.25) is 5.10 Å². The average Bonchev–Trinajstić information content (AvgIpc) is 2.58. The third-order valence-corrected chi connectivity index (χ3v) is 3.05. The fourth-order valence-corrected chi connectivity index (χ4v) is 1.95. The molecule has 1 heterocycles. The van der Waals surface area contributed by atoms with Crippen LogP contribution in [0.25, 0.3) is 10.9 Å². The van der Waals surface area contributed by atoms with Crippen molar-refractivity contribution in [3.8, 4) is 0 Å². The number of hydrogen-bond donors (Lipinski definition) is 1. The van der Waals surface area contributed by atoms with Crippen LogP contribution in [-0.4, -0.2) is 10.2 Å². The summed E-state index contributed by atoms with van der Waals surface area (Å²) in [5, 5.41) is 8.32. The van der Waals surface area contributed by atoms with E-state index in [1.165, 1.54) is 10.9 Å². The molecule has 14 heavy (non-hydrogen) atoms. The summed E-state index contributed by atoms with van der Waals surface area (Å²) >= 11 is 3.55. The Kier molecular flexibility index (Phi) is 3.69. The molecule has 0 aliphatic heterocycles. The first kappa shape index (κ1) is 11.2. The van der Waals surface area contributed by atoms with Crippen molar-refractivity contribution < 1.29 is 0 Å². The van der Waals surface area contributed by atoms with E-state index in [2.05, 4.69) is 39.1 Å². The fourth-order valence-electron chi connectivity index (χ4n) is 1.32. The van der Waals surface area contributed by atoms with Gasteiger partial charge in [0, 0.05) is 15.6 Å². The van der Waals surface area contributed by atoms with Gasteiger partial charge in [-0.25, -0.2) is 0 Å². The van der Waals surface area contributed by atoms with Crippen LogP contribution in [-0.2, 0) is 0 Å². The number of fused-ring (bicyclic) bond motifs is 1. The van der Waals surface area contributed by atoms with Crippen molar-refractivity contribution >= 4 is 26.8 Å². The number of nitrogens with one attached hydrogen (secondary N) is 1. The van der Waals surface area contributed by atoms with Gasteiger partial charge in [-0.05, 0) is 41.4 Å². The Morgan fingerprint density at radius 2 is 1.86 bits per heavy atom. The lowest BCUT2D eigenvalue weighted by molar-refractivity contribution is 1.07. The lowest BCUT2D eigenvalue weighted by Gasteiger charge is -1.98. The van der Waals surface area contributed by atoms with Crippen molar-refractivity contribution in [1.82, 2.24) is 10.2 Å². The monoisotopic (exact) mass is 254 g/mol. The Bertz CT molecular complexity index is 432. The van der Waals surface area contributed by atoms with Gasteiger partial charge >= 0.3 is 0 Å². The standard InChI is InChI=1S/C9H9BrN2.C2H6/c1-5-3-4-7-8(9(5)10)6(2)11-12-7;1-2/h3-4H,1-2H3,(H,11,12);1-2H3. The molecule has 0 radical (unpaired) electrons. The van der Waals surface area contributed by atoms with Gasteiger partial charge in [0.2, 0.25) is 0 Å². The third-order valence-electron chi connectivity index (χ3n) is 2.03. The molecule has 0 aliphatic rings. The summed E-state index contributed by atoms with van der Waals surface area (Å²) in [7, 11) is 0. The zero-order chi connectivity index (χ0) is 10.7. The van der Waals surface area contributed by atoms with E-state index < -0.39 is 0 Å². The normalized spacial score (nSPS) is 9.79. The maximum absolute atomic E-state index is 4.17. The number of aromatic nitrogens is 2. The Morgan fingerprint density at radius 3 is 2.50 bits per heavy atom. The molecule has 0 bridgehead atoms. The predicted octanol–water partition coefficient (Wildman–Crippen LogP) is 3.97. The van der Waals surface area contributed by atoms with Crippen LogP contribution in [0.3, 0.4) is 0 Å². The minimum atomic E-state index is 1.02. The van der Waals surface area contributed by atoms with Gasteiger partial charge in [0.15, 0.2) is 0 Å². The largest absolute Gasteiger partial charge is 0.282 e. The highest BCUT2D eigenvalue weighted by Gasteiger charge is 2.06. The average molecular weight is 255 g/mol. The number of benzene rings is 1. The zero-order valence-corrected chi connectivity index (χ0v) is 10.6. The van der Waals surface area contributed by atoms with E-state index in [0.717, 1.165) is 15.7 Å². The van der Waals surface area contributed by atoms with Crippen LogP contribution in [0.5, 0.6) is 0 Å². The Morgan fingerprint density at radius 1 is 1.21 bits per heavy atom. The van der Waals surface area contributed by atoms with Crippen LogP contribution in [0, 0.1) is 13.8 Å². The first-order valence-electron chi connectivity index (χ1n) is 4.80. The maximum Gasteiger partial charge on any atom is 0.0935 e. The van der Waals surface area contributed by atoms with Crippen molar-refractivity contribution in [3.05, 3.63) is 27.9 Å². The van der Waals surface area contributed by atoms with Gasteiger partial charge in [0.25, 0.3) is 0 Å². The van der Waals surface area contributed by atoms with E-state index in [9.17, 15) is 0 Å². The van der Waals surface area contributed by atoms with E-state index in [1.807, 2.05) is 26.8 Å². The molecule has 0 fully saturated rings. The quantitative estimate of drug-likeness (QED) is 0.758. The third kappa shape index (κ3) is 1.82. The summed E-state index contributed by atoms with van der Waals surface area (Å²) in [6.45, 7) is 8.11. The molecule has 0 atom stereocenters. The van der Waals surface area contributed by atoms with Crippen LogP contribution in [0.1, 0.15) is 25.1 Å². The minimum absolute atomic E-state index is 1.02. The van der Waals surface area contributed by atoms with Crippen molar-refractivity contribution in [2.75, 3.05) is 0 Å². The number of aromatic amines is 1. The van der Waals surface area contributed by atoms with E-state index >= 15 is 0 Å². The molecule has 0 saturated carbocycles. The molecule has 0 unspecified atom stereocenters. The van der Waals surface area contributed by atoms with Gasteiger partial charge in [0.05, 0.1) is 5.52 Å². The highest BCUT2D eigenvalue weighted by Crippen LogP contribution is 2.27. The minimum Gasteiger partial charge on any atom is -0.282 e. The smallest absolute Gasteiger partial charge is 0.0935 e. The van der Waals surface area contributed by atoms with Gasteiger partial charge in [-0.2, -0.15) is 5.10 Å². The molecule has 2 rings (SSSR count). The molecule has 0 spiro atoms. The van der Waals surface area contributed by atoms with Crippen LogP contribution in [0.15, 0.2) is 16.6 Å². The molecule has 0 saturated heterocycles. The van der Waals surface area contributed by atoms with E-state index in [4.69, 9.17) is 0 Å². The summed E-state index contributed by atoms with van der Waals surface area (Å²) in [5.41, 5.74) is 3.37. The number of hydrogen-bond acceptors (Lipinski definition) is 1. The zero-order valence-electron chi connectivity index (χ0n) is 8.98. The van der Waals surface area contributed by atoms with Gasteiger partial charge < -0.3 is 0 Å². The van der Waals surface area contributed by atoms with E-state index in [0.29, 0.717) is 0 Å². The summed E-state index contributed by atoms with van der Waals surface area (Å²) in [6.07, 6.45) is 0. The van der Waals surface area contributed by atoms with E-state index in [-0.39, 0.29) is 0 Å². The lowest BCUT2D eigenvalue weighted by atomic mass is 10.1. The molecule has 2 nitrogen and oxygen atoms in total. The molecule has 3 heteroatoms. The number of aryl methyl sites for hydroxylation is 2. The topological polar surface area (TPSA) is 28.7 Å². The van der Waals surface area contributed by atoms with Crippen molar-refractivity contribution in [2.45, 2.75) is 27.7 Å². The lowest BCUT2D eigenvalue weighted by Crippen LogP contribution is -1.77. The molecular weight excluding hydrogens is 240 g/mol. The number of H-pyrrole nitrogens is 1. The van der Waals surface area contributed by atoms with E-state index in [1.54, 1.807) is 0 Å². The molecule has 1 N–H and O–H groups in total. The summed E-state index contributed by atoms with van der Waals surface area (Å²) in [4.78, 5) is 0. The molecular formula is C11H15BrN2. The molecule has 2 aromatic rings. The second-order valence-electron chi connectivity index (χ2n) is 2.94. The highest BCUT2D eigenvalue weighted by atomic mass is 79.9. The molecule has 1 aromatic heterocycles. The van der Waals surface area contributed by atoms with Crippen molar-refractivity contribution in [1.29, 1.82) is 0 Å². The summed E-state index contributed by atoms with van der Waals surface area (Å²) < 4.78 is 1.14. The maximum atomic E-state index is 4.17. The second-order valence-corrected chi connectivity index (χ2v) is 3.73. The Balaban J connectivity index is 0.000000461. The predicted molar refractivity (Wildman–Crippen MR) is 64.6 cm³/mol. The summed E-state index contributed by atoms with van der Waals surface area (Å²) in [5.74, 6) is 0. The van der Waals surface area contributed by atoms with Gasteiger partial charge in [-0.1, -0.05) is 19.9 Å². The molecule has 76 valence electrons. The summed E-state index contributed by atoms with van der Waals surface area (Å²) in [6, 6.07) is 4.09. The van der Waals surface area contributed by atoms with Crippen molar-refractivity contribution in [2.24, 2.45) is 0 Å². The Hall–Kier alpha value is -0.830. The van der Waals surface area contributed by atoms with Crippen molar-refractivity contribution in [3.63, 3.8) is 0 Å². The first-order chi connectivity index (χ1) is 6.70. The number of halogens is 1. The van der Waals surface area contributed by atoms with Gasteiger partial charge in [0.1, 0.15) is 0 Å². The number of nitrogens with zero attached hydrogens (tertiary/aromatic N) is 1. The molecule has 0 amide bonds. The van der Waals surface area contributed by atoms with Crippen LogP contribution in [0.2, 0.25) is 0 Å².